The second-order valence-electron chi connectivity index (χ2n) is 8.43. The van der Waals surface area contributed by atoms with Crippen LogP contribution in [0.2, 0.25) is 0 Å². The van der Waals surface area contributed by atoms with Crippen LogP contribution in [0, 0.1) is 5.92 Å². The van der Waals surface area contributed by atoms with Crippen molar-refractivity contribution in [2.75, 3.05) is 0 Å². The lowest BCUT2D eigenvalue weighted by Crippen LogP contribution is -2.58. The number of carboxylic acids is 2. The summed E-state index contributed by atoms with van der Waals surface area (Å²) in [5.41, 5.74) is 11.4. The van der Waals surface area contributed by atoms with Gasteiger partial charge in [0, 0.05) is 6.42 Å². The number of carbonyl (C=O) groups is 6. The van der Waals surface area contributed by atoms with Crippen molar-refractivity contribution in [1.82, 2.24) is 16.0 Å². The summed E-state index contributed by atoms with van der Waals surface area (Å²) in [4.78, 5) is 72.0. The van der Waals surface area contributed by atoms with Crippen LogP contribution in [0.5, 0.6) is 5.75 Å². The lowest BCUT2D eigenvalue weighted by Gasteiger charge is -2.25. The van der Waals surface area contributed by atoms with Crippen LogP contribution in [-0.4, -0.2) is 75.1 Å². The molecule has 198 valence electrons. The molecule has 36 heavy (non-hydrogen) atoms. The van der Waals surface area contributed by atoms with Crippen molar-refractivity contribution >= 4 is 35.6 Å². The van der Waals surface area contributed by atoms with Crippen molar-refractivity contribution < 1.29 is 44.1 Å². The summed E-state index contributed by atoms with van der Waals surface area (Å²) >= 11 is 0. The molecule has 0 bridgehead atoms. The van der Waals surface area contributed by atoms with Gasteiger partial charge in [-0.3, -0.25) is 24.0 Å². The van der Waals surface area contributed by atoms with E-state index in [0.717, 1.165) is 0 Å². The fourth-order valence-electron chi connectivity index (χ4n) is 2.98. The lowest BCUT2D eigenvalue weighted by molar-refractivity contribution is -0.147. The number of aliphatic carboxylic acids is 2. The molecule has 0 aliphatic carbocycles. The van der Waals surface area contributed by atoms with Crippen molar-refractivity contribution in [3.8, 4) is 5.75 Å². The third-order valence-corrected chi connectivity index (χ3v) is 5.06. The van der Waals surface area contributed by atoms with E-state index in [1.54, 1.807) is 13.8 Å². The Labute approximate surface area is 206 Å². The zero-order chi connectivity index (χ0) is 27.6. The van der Waals surface area contributed by atoms with E-state index in [0.29, 0.717) is 5.56 Å². The van der Waals surface area contributed by atoms with Gasteiger partial charge in [-0.05, 0) is 23.6 Å². The number of carboxylic acid groups (broad SMARTS) is 2. The molecule has 14 heteroatoms. The molecule has 10 N–H and O–H groups in total. The molecule has 4 amide bonds. The molecule has 0 aromatic heterocycles. The molecule has 0 radical (unpaired) electrons. The smallest absolute Gasteiger partial charge is 0.326 e. The summed E-state index contributed by atoms with van der Waals surface area (Å²) in [6.45, 7) is 3.34. The van der Waals surface area contributed by atoms with Crippen LogP contribution >= 0.6 is 0 Å². The van der Waals surface area contributed by atoms with Gasteiger partial charge < -0.3 is 42.7 Å². The normalized spacial score (nSPS) is 14.1. The molecule has 1 aromatic rings. The van der Waals surface area contributed by atoms with E-state index in [4.69, 9.17) is 16.6 Å². The van der Waals surface area contributed by atoms with E-state index in [9.17, 15) is 39.0 Å². The van der Waals surface area contributed by atoms with Gasteiger partial charge in [0.2, 0.25) is 23.6 Å². The first-order chi connectivity index (χ1) is 16.7. The molecule has 0 aliphatic heterocycles. The Morgan fingerprint density at radius 1 is 0.806 bits per heavy atom. The fourth-order valence-corrected chi connectivity index (χ4v) is 2.98. The molecule has 1 rings (SSSR count). The van der Waals surface area contributed by atoms with E-state index in [2.05, 4.69) is 16.0 Å². The van der Waals surface area contributed by atoms with Crippen LogP contribution in [0.1, 0.15) is 32.3 Å². The van der Waals surface area contributed by atoms with Crippen LogP contribution in [0.25, 0.3) is 0 Å². The van der Waals surface area contributed by atoms with Gasteiger partial charge in [0.25, 0.3) is 0 Å². The van der Waals surface area contributed by atoms with E-state index in [1.165, 1.54) is 24.3 Å². The van der Waals surface area contributed by atoms with E-state index < -0.39 is 72.6 Å². The van der Waals surface area contributed by atoms with Gasteiger partial charge in [-0.2, -0.15) is 0 Å². The molecule has 0 heterocycles. The van der Waals surface area contributed by atoms with Gasteiger partial charge in [-0.15, -0.1) is 0 Å². The number of carbonyl (C=O) groups excluding carboxylic acids is 4. The topological polar surface area (TPSA) is 251 Å². The van der Waals surface area contributed by atoms with Crippen molar-refractivity contribution in [1.29, 1.82) is 0 Å². The van der Waals surface area contributed by atoms with Gasteiger partial charge in [-0.25, -0.2) is 4.79 Å². The third-order valence-electron chi connectivity index (χ3n) is 5.06. The standard InChI is InChI=1S/C22H31N5O9/c1-10(2)18(24)21(34)26-14(8-16(23)29)20(33)25-13(7-11-3-5-12(28)6-4-11)19(32)27-15(22(35)36)9-17(30)31/h3-6,10,13-15,18,28H,7-9,24H2,1-2H3,(H2,23,29)(H,25,33)(H,26,34)(H,27,32)(H,30,31)(H,35,36). The van der Waals surface area contributed by atoms with Gasteiger partial charge in [0.05, 0.1) is 18.9 Å². The maximum absolute atomic E-state index is 13.0. The number of hydrogen-bond donors (Lipinski definition) is 8. The molecule has 0 saturated heterocycles. The average Bonchev–Trinajstić information content (AvgIpc) is 2.77. The highest BCUT2D eigenvalue weighted by atomic mass is 16.4. The Kier molecular flexibility index (Phi) is 11.3. The minimum Gasteiger partial charge on any atom is -0.508 e. The highest BCUT2D eigenvalue weighted by Crippen LogP contribution is 2.12. The minimum absolute atomic E-state index is 0.0677. The predicted octanol–water partition coefficient (Wildman–Crippen LogP) is -2.19. The summed E-state index contributed by atoms with van der Waals surface area (Å²) in [5, 5.41) is 34.3. The first kappa shape index (κ1) is 29.8. The second-order valence-corrected chi connectivity index (χ2v) is 8.43. The number of hydrogen-bond acceptors (Lipinski definition) is 8. The molecule has 1 aromatic carbocycles. The monoisotopic (exact) mass is 509 g/mol. The molecule has 14 nitrogen and oxygen atoms in total. The summed E-state index contributed by atoms with van der Waals surface area (Å²) in [5.74, 6) is -7.14. The van der Waals surface area contributed by atoms with Crippen LogP contribution in [0.4, 0.5) is 0 Å². The summed E-state index contributed by atoms with van der Waals surface area (Å²) in [7, 11) is 0. The van der Waals surface area contributed by atoms with Crippen molar-refractivity contribution in [2.45, 2.75) is 57.3 Å². The van der Waals surface area contributed by atoms with E-state index in [-0.39, 0.29) is 18.1 Å². The predicted molar refractivity (Wildman–Crippen MR) is 124 cm³/mol. The number of benzene rings is 1. The van der Waals surface area contributed by atoms with Crippen molar-refractivity contribution in [2.24, 2.45) is 17.4 Å². The van der Waals surface area contributed by atoms with Crippen molar-refractivity contribution in [3.05, 3.63) is 29.8 Å². The van der Waals surface area contributed by atoms with Gasteiger partial charge in [-0.1, -0.05) is 26.0 Å². The second kappa shape index (κ2) is 13.6. The largest absolute Gasteiger partial charge is 0.508 e. The molecule has 0 fully saturated rings. The fraction of sp³-hybridized carbons (Fsp3) is 0.455. The Balaban J connectivity index is 3.19. The van der Waals surface area contributed by atoms with Gasteiger partial charge >= 0.3 is 11.9 Å². The van der Waals surface area contributed by atoms with Gasteiger partial charge in [0.15, 0.2) is 0 Å². The van der Waals surface area contributed by atoms with Crippen LogP contribution in [0.3, 0.4) is 0 Å². The number of nitrogens with one attached hydrogen (secondary N) is 3. The number of amides is 4. The Bertz CT molecular complexity index is 981. The molecule has 4 atom stereocenters. The van der Waals surface area contributed by atoms with Crippen LogP contribution < -0.4 is 27.4 Å². The molecule has 0 aliphatic rings. The Hall–Kier alpha value is -4.20. The molecular weight excluding hydrogens is 478 g/mol. The summed E-state index contributed by atoms with van der Waals surface area (Å²) in [6, 6.07) is -0.222. The summed E-state index contributed by atoms with van der Waals surface area (Å²) < 4.78 is 0. The van der Waals surface area contributed by atoms with Crippen LogP contribution in [0.15, 0.2) is 24.3 Å². The number of phenols is 1. The third kappa shape index (κ3) is 9.97. The van der Waals surface area contributed by atoms with Crippen molar-refractivity contribution in [3.63, 3.8) is 0 Å². The molecular formula is C22H31N5O9. The Morgan fingerprint density at radius 3 is 1.78 bits per heavy atom. The molecule has 0 saturated carbocycles. The number of rotatable bonds is 14. The minimum atomic E-state index is -1.79. The number of primary amides is 1. The quantitative estimate of drug-likeness (QED) is 0.134. The highest BCUT2D eigenvalue weighted by molar-refractivity contribution is 5.96. The zero-order valence-electron chi connectivity index (χ0n) is 19.8. The SMILES string of the molecule is CC(C)C(N)C(=O)NC(CC(N)=O)C(=O)NC(Cc1ccc(O)cc1)C(=O)NC(CC(=O)O)C(=O)O. The zero-order valence-corrected chi connectivity index (χ0v) is 19.8. The number of aromatic hydroxyl groups is 1. The summed E-state index contributed by atoms with van der Waals surface area (Å²) in [6.07, 6.45) is -1.75. The first-order valence-electron chi connectivity index (χ1n) is 10.9. The number of nitrogens with two attached hydrogens (primary N) is 2. The first-order valence-corrected chi connectivity index (χ1v) is 10.9. The van der Waals surface area contributed by atoms with Crippen LogP contribution in [-0.2, 0) is 35.2 Å². The lowest BCUT2D eigenvalue weighted by atomic mass is 10.0. The maximum atomic E-state index is 13.0. The van der Waals surface area contributed by atoms with E-state index in [1.807, 2.05) is 0 Å². The Morgan fingerprint density at radius 2 is 1.31 bits per heavy atom. The molecule has 0 spiro atoms. The highest BCUT2D eigenvalue weighted by Gasteiger charge is 2.32. The maximum Gasteiger partial charge on any atom is 0.326 e. The molecule has 4 unspecified atom stereocenters. The van der Waals surface area contributed by atoms with Gasteiger partial charge in [0.1, 0.15) is 23.9 Å². The van der Waals surface area contributed by atoms with E-state index >= 15 is 0 Å². The average molecular weight is 510 g/mol. The number of phenolic OH excluding ortho intramolecular Hbond substituents is 1.